The Morgan fingerprint density at radius 2 is 1.74 bits per heavy atom. The van der Waals surface area contributed by atoms with E-state index >= 15 is 0 Å². The minimum absolute atomic E-state index is 0. The van der Waals surface area contributed by atoms with Gasteiger partial charge in [0.2, 0.25) is 0 Å². The van der Waals surface area contributed by atoms with E-state index in [1.54, 1.807) is 0 Å². The van der Waals surface area contributed by atoms with Crippen LogP contribution in [0.3, 0.4) is 0 Å². The summed E-state index contributed by atoms with van der Waals surface area (Å²) in [6.07, 6.45) is 8.87. The van der Waals surface area contributed by atoms with E-state index in [1.165, 1.54) is 0 Å². The Morgan fingerprint density at radius 1 is 1.26 bits per heavy atom. The van der Waals surface area contributed by atoms with Crippen LogP contribution >= 0.6 is 0 Å². The van der Waals surface area contributed by atoms with E-state index in [1.807, 2.05) is 32.5 Å². The van der Waals surface area contributed by atoms with Crippen molar-refractivity contribution in [1.82, 2.24) is 0 Å². The molecule has 0 atom stereocenters. The summed E-state index contributed by atoms with van der Waals surface area (Å²) in [5, 5.41) is 0. The molecule has 0 N–H and O–H groups in total. The summed E-state index contributed by atoms with van der Waals surface area (Å²) in [5.41, 5.74) is 0.931. The Balaban J connectivity index is -0.0000000724. The number of allylic oxidation sites excluding steroid dienone is 2. The Morgan fingerprint density at radius 3 is 2.05 bits per heavy atom. The van der Waals surface area contributed by atoms with Crippen molar-refractivity contribution in [2.45, 2.75) is 6.42 Å². The monoisotopic (exact) mass is 438 g/mol. The predicted molar refractivity (Wildman–Crippen MR) is 69.4 cm³/mol. The van der Waals surface area contributed by atoms with Gasteiger partial charge in [-0.25, -0.2) is 10.9 Å². The summed E-state index contributed by atoms with van der Waals surface area (Å²) in [6.45, 7) is 9.59. The first-order valence-electron chi connectivity index (χ1n) is 4.25. The van der Waals surface area contributed by atoms with Gasteiger partial charge in [-0.2, -0.15) is 11.6 Å². The van der Waals surface area contributed by atoms with Crippen molar-refractivity contribution >= 4 is 26.3 Å². The molecule has 0 unspecified atom stereocenters. The normalized spacial score (nSPS) is 8.95. The van der Waals surface area contributed by atoms with Gasteiger partial charge in [-0.1, -0.05) is 6.58 Å². The standard InChI is InChI=1S/C9H9O2.3CH2O.CH3.W/c1-2-9(10)11-7-8-5-3-4-6-8;3*1-2;;/h2-3,5H,1,4,7H2;3*1H2;1H3;/q-1;;;;-1;+2. The second kappa shape index (κ2) is 29.9. The molecule has 0 saturated carbocycles. The van der Waals surface area contributed by atoms with Crippen LogP contribution in [-0.4, -0.2) is 32.9 Å². The van der Waals surface area contributed by atoms with Crippen LogP contribution in [0.25, 0.3) is 0 Å². The smallest absolute Gasteiger partial charge is 0.461 e. The first kappa shape index (κ1) is 30.4. The van der Waals surface area contributed by atoms with Gasteiger partial charge in [0.1, 0.15) is 20.4 Å². The van der Waals surface area contributed by atoms with Gasteiger partial charge in [-0.3, -0.25) is 6.08 Å². The molecule has 1 rings (SSSR count). The molecule has 1 aliphatic rings. The van der Waals surface area contributed by atoms with Crippen molar-refractivity contribution in [2.75, 3.05) is 6.61 Å². The summed E-state index contributed by atoms with van der Waals surface area (Å²) in [4.78, 5) is 34.6. The Kier molecular flexibility index (Phi) is 47.9. The van der Waals surface area contributed by atoms with Crippen LogP contribution in [-0.2, 0) is 45.0 Å². The number of ether oxygens (including phenoxy) is 1. The van der Waals surface area contributed by atoms with Gasteiger partial charge in [0.05, 0.1) is 6.61 Å². The fourth-order valence-electron chi connectivity index (χ4n) is 0.757. The van der Waals surface area contributed by atoms with E-state index in [0.717, 1.165) is 18.1 Å². The van der Waals surface area contributed by atoms with E-state index < -0.39 is 0 Å². The number of carbonyl (C=O) groups excluding carboxylic acids is 4. The molecular formula is C13H18O5W. The number of esters is 1. The molecule has 106 valence electrons. The molecule has 0 radical (unpaired) electrons. The molecule has 0 aromatic carbocycles. The van der Waals surface area contributed by atoms with E-state index in [4.69, 9.17) is 19.1 Å². The van der Waals surface area contributed by atoms with Crippen LogP contribution in [0.1, 0.15) is 6.42 Å². The molecule has 5 nitrogen and oxygen atoms in total. The largest absolute Gasteiger partial charge is 2.00 e. The molecule has 6 heteroatoms. The summed E-state index contributed by atoms with van der Waals surface area (Å²) < 4.78 is 4.77. The quantitative estimate of drug-likeness (QED) is 0.377. The third-order valence-corrected chi connectivity index (χ3v) is 1.30. The van der Waals surface area contributed by atoms with E-state index in [0.29, 0.717) is 6.61 Å². The minimum Gasteiger partial charge on any atom is -0.461 e. The van der Waals surface area contributed by atoms with Gasteiger partial charge in [-0.15, -0.1) is 6.42 Å². The SMILES string of the molecule is C=CC(=O)OCC1=[C-]CC=C1.C=O.C=O.C=O.[CH3-].[W+2]. The van der Waals surface area contributed by atoms with Crippen molar-refractivity contribution in [3.8, 4) is 0 Å². The average Bonchev–Trinajstić information content (AvgIpc) is 2.96. The third-order valence-electron chi connectivity index (χ3n) is 1.30. The van der Waals surface area contributed by atoms with E-state index in [2.05, 4.69) is 12.7 Å². The molecule has 1 aliphatic carbocycles. The van der Waals surface area contributed by atoms with Crippen LogP contribution in [0.4, 0.5) is 0 Å². The summed E-state index contributed by atoms with van der Waals surface area (Å²) in [7, 11) is 0. The van der Waals surface area contributed by atoms with E-state index in [9.17, 15) is 4.79 Å². The zero-order valence-electron chi connectivity index (χ0n) is 10.9. The molecule has 0 fully saturated rings. The van der Waals surface area contributed by atoms with Crippen LogP contribution in [0.2, 0.25) is 0 Å². The predicted octanol–water partition coefficient (Wildman–Crippen LogP) is 1.30. The maximum Gasteiger partial charge on any atom is 2.00 e. The fourth-order valence-corrected chi connectivity index (χ4v) is 0.757. The molecule has 19 heavy (non-hydrogen) atoms. The van der Waals surface area contributed by atoms with Crippen molar-refractivity contribution in [2.24, 2.45) is 0 Å². The van der Waals surface area contributed by atoms with Gasteiger partial charge in [0.25, 0.3) is 0 Å². The second-order valence-electron chi connectivity index (χ2n) is 2.12. The Bertz CT molecular complexity index is 269. The number of hydrogen-bond donors (Lipinski definition) is 0. The van der Waals surface area contributed by atoms with Gasteiger partial charge >= 0.3 is 27.0 Å². The van der Waals surface area contributed by atoms with Crippen LogP contribution < -0.4 is 0 Å². The van der Waals surface area contributed by atoms with Crippen molar-refractivity contribution in [3.63, 3.8) is 0 Å². The average molecular weight is 438 g/mol. The topological polar surface area (TPSA) is 77.5 Å². The zero-order chi connectivity index (χ0) is 14.1. The second-order valence-corrected chi connectivity index (χ2v) is 2.12. The number of carbonyl (C=O) groups is 4. The Hall–Kier alpha value is -1.61. The molecule has 0 spiro atoms. The van der Waals surface area contributed by atoms with Gasteiger partial charge in [-0.05, 0) is 0 Å². The van der Waals surface area contributed by atoms with Crippen molar-refractivity contribution in [3.05, 3.63) is 43.9 Å². The minimum atomic E-state index is -0.389. The molecule has 0 aliphatic heterocycles. The molecular weight excluding hydrogens is 420 g/mol. The van der Waals surface area contributed by atoms with Crippen LogP contribution in [0, 0.1) is 13.5 Å². The number of rotatable bonds is 3. The van der Waals surface area contributed by atoms with Crippen LogP contribution in [0.5, 0.6) is 0 Å². The molecule has 0 bridgehead atoms. The fraction of sp³-hybridized carbons (Fsp3) is 0.154. The van der Waals surface area contributed by atoms with E-state index in [-0.39, 0.29) is 34.5 Å². The zero-order valence-corrected chi connectivity index (χ0v) is 13.9. The van der Waals surface area contributed by atoms with Gasteiger partial charge in [0, 0.05) is 6.08 Å². The molecule has 0 amide bonds. The number of hydrogen-bond acceptors (Lipinski definition) is 5. The maximum atomic E-state index is 10.6. The summed E-state index contributed by atoms with van der Waals surface area (Å²) in [5.74, 6) is -0.389. The molecule has 0 aromatic heterocycles. The van der Waals surface area contributed by atoms with Crippen molar-refractivity contribution in [1.29, 1.82) is 0 Å². The Labute approximate surface area is 128 Å². The molecule has 0 saturated heterocycles. The summed E-state index contributed by atoms with van der Waals surface area (Å²) in [6, 6.07) is 0. The van der Waals surface area contributed by atoms with Crippen LogP contribution in [0.15, 0.2) is 30.4 Å². The molecule has 0 aromatic rings. The summed E-state index contributed by atoms with van der Waals surface area (Å²) >= 11 is 0. The first-order valence-corrected chi connectivity index (χ1v) is 4.25. The molecule has 0 heterocycles. The first-order chi connectivity index (χ1) is 8.33. The third kappa shape index (κ3) is 22.1. The van der Waals surface area contributed by atoms with Gasteiger partial charge in [0.15, 0.2) is 0 Å². The maximum absolute atomic E-state index is 10.6. The van der Waals surface area contributed by atoms with Gasteiger partial charge < -0.3 is 26.5 Å². The van der Waals surface area contributed by atoms with Crippen molar-refractivity contribution < 1.29 is 45.0 Å².